The van der Waals surface area contributed by atoms with Crippen molar-refractivity contribution in [2.75, 3.05) is 6.54 Å². The molecule has 1 rings (SSSR count). The first kappa shape index (κ1) is 12.2. The molecular weight excluding hydrogens is 230 g/mol. The standard InChI is InChI=1S/C9H9N3O3S/c10-5-7-1-3-8(4-2-7)16(14,15)12-6-9(11)13/h1-4,12H,6H2,(H2,11,13). The third-order valence-corrected chi connectivity index (χ3v) is 3.15. The Morgan fingerprint density at radius 2 is 1.94 bits per heavy atom. The van der Waals surface area contributed by atoms with E-state index in [0.29, 0.717) is 5.56 Å². The van der Waals surface area contributed by atoms with Crippen LogP contribution in [0.15, 0.2) is 29.2 Å². The smallest absolute Gasteiger partial charge is 0.241 e. The Kier molecular flexibility index (Phi) is 3.60. The average Bonchev–Trinajstić information content (AvgIpc) is 2.27. The zero-order valence-corrected chi connectivity index (χ0v) is 8.99. The summed E-state index contributed by atoms with van der Waals surface area (Å²) in [5.74, 6) is -0.766. The van der Waals surface area contributed by atoms with E-state index in [2.05, 4.69) is 0 Å². The number of nitriles is 1. The molecule has 7 heteroatoms. The summed E-state index contributed by atoms with van der Waals surface area (Å²) in [4.78, 5) is 10.4. The molecule has 0 aliphatic heterocycles. The second-order valence-corrected chi connectivity index (χ2v) is 4.69. The quantitative estimate of drug-likeness (QED) is 0.724. The van der Waals surface area contributed by atoms with Crippen LogP contribution in [-0.4, -0.2) is 20.9 Å². The summed E-state index contributed by atoms with van der Waals surface area (Å²) in [6.07, 6.45) is 0. The Hall–Kier alpha value is -1.91. The molecule has 0 spiro atoms. The maximum atomic E-state index is 11.5. The van der Waals surface area contributed by atoms with Crippen LogP contribution in [0.2, 0.25) is 0 Å². The number of carbonyl (C=O) groups excluding carboxylic acids is 1. The summed E-state index contributed by atoms with van der Waals surface area (Å²) < 4.78 is 25.1. The predicted molar refractivity (Wildman–Crippen MR) is 55.5 cm³/mol. The van der Waals surface area contributed by atoms with Crippen molar-refractivity contribution in [3.63, 3.8) is 0 Å². The first-order valence-electron chi connectivity index (χ1n) is 4.24. The summed E-state index contributed by atoms with van der Waals surface area (Å²) in [5, 5.41) is 8.53. The van der Waals surface area contributed by atoms with Crippen molar-refractivity contribution >= 4 is 15.9 Å². The molecule has 1 aromatic rings. The zero-order valence-electron chi connectivity index (χ0n) is 8.17. The highest BCUT2D eigenvalue weighted by atomic mass is 32.2. The van der Waals surface area contributed by atoms with Gasteiger partial charge < -0.3 is 5.73 Å². The second kappa shape index (κ2) is 4.74. The second-order valence-electron chi connectivity index (χ2n) is 2.93. The molecule has 0 unspecified atom stereocenters. The normalized spacial score (nSPS) is 10.7. The molecular formula is C9H9N3O3S. The number of sulfonamides is 1. The Morgan fingerprint density at radius 3 is 2.38 bits per heavy atom. The van der Waals surface area contributed by atoms with Gasteiger partial charge in [0.1, 0.15) is 0 Å². The fraction of sp³-hybridized carbons (Fsp3) is 0.111. The van der Waals surface area contributed by atoms with E-state index in [1.54, 1.807) is 0 Å². The van der Waals surface area contributed by atoms with Crippen LogP contribution >= 0.6 is 0 Å². The lowest BCUT2D eigenvalue weighted by molar-refractivity contribution is -0.116. The molecule has 3 N–H and O–H groups in total. The summed E-state index contributed by atoms with van der Waals surface area (Å²) in [6.45, 7) is -0.456. The molecule has 84 valence electrons. The van der Waals surface area contributed by atoms with Crippen LogP contribution in [0.3, 0.4) is 0 Å². The maximum absolute atomic E-state index is 11.5. The Labute approximate surface area is 92.7 Å². The molecule has 0 saturated heterocycles. The van der Waals surface area contributed by atoms with Crippen molar-refractivity contribution in [3.05, 3.63) is 29.8 Å². The number of benzene rings is 1. The van der Waals surface area contributed by atoms with Crippen LogP contribution < -0.4 is 10.5 Å². The van der Waals surface area contributed by atoms with Crippen LogP contribution in [0.5, 0.6) is 0 Å². The van der Waals surface area contributed by atoms with Crippen molar-refractivity contribution < 1.29 is 13.2 Å². The van der Waals surface area contributed by atoms with Gasteiger partial charge in [-0.15, -0.1) is 0 Å². The molecule has 0 aromatic heterocycles. The first-order chi connectivity index (χ1) is 7.45. The van der Waals surface area contributed by atoms with E-state index in [1.165, 1.54) is 24.3 Å². The van der Waals surface area contributed by atoms with Crippen LogP contribution in [0.25, 0.3) is 0 Å². The topological polar surface area (TPSA) is 113 Å². The molecule has 0 radical (unpaired) electrons. The van der Waals surface area contributed by atoms with E-state index in [0.717, 1.165) is 0 Å². The number of nitrogens with zero attached hydrogens (tertiary/aromatic N) is 1. The summed E-state index contributed by atoms with van der Waals surface area (Å²) in [5.41, 5.74) is 5.17. The van der Waals surface area contributed by atoms with Gasteiger partial charge in [-0.3, -0.25) is 4.79 Å². The largest absolute Gasteiger partial charge is 0.369 e. The minimum Gasteiger partial charge on any atom is -0.369 e. The third-order valence-electron chi connectivity index (χ3n) is 1.73. The van der Waals surface area contributed by atoms with E-state index in [-0.39, 0.29) is 4.90 Å². The van der Waals surface area contributed by atoms with E-state index < -0.39 is 22.5 Å². The SMILES string of the molecule is N#Cc1ccc(S(=O)(=O)NCC(N)=O)cc1. The van der Waals surface area contributed by atoms with Crippen LogP contribution in [0.4, 0.5) is 0 Å². The Bertz CT molecular complexity index is 528. The fourth-order valence-corrected chi connectivity index (χ4v) is 1.95. The van der Waals surface area contributed by atoms with Crippen LogP contribution in [-0.2, 0) is 14.8 Å². The molecule has 0 heterocycles. The zero-order chi connectivity index (χ0) is 12.2. The molecule has 1 amide bonds. The number of nitrogens with two attached hydrogens (primary N) is 1. The number of hydrogen-bond donors (Lipinski definition) is 2. The molecule has 0 saturated carbocycles. The van der Waals surface area contributed by atoms with Crippen molar-refractivity contribution in [3.8, 4) is 6.07 Å². The number of hydrogen-bond acceptors (Lipinski definition) is 4. The number of carbonyl (C=O) groups is 1. The predicted octanol–water partition coefficient (Wildman–Crippen LogP) is -0.678. The van der Waals surface area contributed by atoms with Gasteiger partial charge in [-0.1, -0.05) is 0 Å². The van der Waals surface area contributed by atoms with Gasteiger partial charge in [0.15, 0.2) is 0 Å². The van der Waals surface area contributed by atoms with Crippen molar-refractivity contribution in [2.45, 2.75) is 4.90 Å². The molecule has 0 fully saturated rings. The van der Waals surface area contributed by atoms with E-state index in [4.69, 9.17) is 11.0 Å². The molecule has 0 atom stereocenters. The van der Waals surface area contributed by atoms with Gasteiger partial charge in [0.2, 0.25) is 15.9 Å². The van der Waals surface area contributed by atoms with Gasteiger partial charge in [0.25, 0.3) is 0 Å². The van der Waals surface area contributed by atoms with Gasteiger partial charge in [0.05, 0.1) is 23.1 Å². The summed E-state index contributed by atoms with van der Waals surface area (Å²) >= 11 is 0. The Morgan fingerprint density at radius 1 is 1.38 bits per heavy atom. The fourth-order valence-electron chi connectivity index (χ4n) is 0.958. The number of amides is 1. The highest BCUT2D eigenvalue weighted by Gasteiger charge is 2.13. The number of rotatable bonds is 4. The minimum absolute atomic E-state index is 0.0206. The minimum atomic E-state index is -3.74. The highest BCUT2D eigenvalue weighted by molar-refractivity contribution is 7.89. The molecule has 0 bridgehead atoms. The van der Waals surface area contributed by atoms with Gasteiger partial charge in [0, 0.05) is 0 Å². The molecule has 0 aliphatic rings. The summed E-state index contributed by atoms with van der Waals surface area (Å²) in [7, 11) is -3.74. The van der Waals surface area contributed by atoms with Gasteiger partial charge in [-0.05, 0) is 24.3 Å². The number of primary amides is 1. The average molecular weight is 239 g/mol. The van der Waals surface area contributed by atoms with Crippen molar-refractivity contribution in [1.29, 1.82) is 5.26 Å². The molecule has 16 heavy (non-hydrogen) atoms. The third kappa shape index (κ3) is 3.05. The van der Waals surface area contributed by atoms with E-state index in [1.807, 2.05) is 10.8 Å². The summed E-state index contributed by atoms with van der Waals surface area (Å²) in [6, 6.07) is 7.17. The molecule has 1 aromatic carbocycles. The molecule has 6 nitrogen and oxygen atoms in total. The van der Waals surface area contributed by atoms with Crippen molar-refractivity contribution in [2.24, 2.45) is 5.73 Å². The maximum Gasteiger partial charge on any atom is 0.241 e. The van der Waals surface area contributed by atoms with Crippen LogP contribution in [0, 0.1) is 11.3 Å². The molecule has 0 aliphatic carbocycles. The number of nitrogens with one attached hydrogen (secondary N) is 1. The van der Waals surface area contributed by atoms with Gasteiger partial charge in [-0.25, -0.2) is 13.1 Å². The van der Waals surface area contributed by atoms with E-state index >= 15 is 0 Å². The first-order valence-corrected chi connectivity index (χ1v) is 5.72. The van der Waals surface area contributed by atoms with Crippen LogP contribution in [0.1, 0.15) is 5.56 Å². The lowest BCUT2D eigenvalue weighted by atomic mass is 10.2. The lowest BCUT2D eigenvalue weighted by Crippen LogP contribution is -2.33. The monoisotopic (exact) mass is 239 g/mol. The van der Waals surface area contributed by atoms with Crippen molar-refractivity contribution in [1.82, 2.24) is 4.72 Å². The van der Waals surface area contributed by atoms with E-state index in [9.17, 15) is 13.2 Å². The Balaban J connectivity index is 2.91. The lowest BCUT2D eigenvalue weighted by Gasteiger charge is -2.04. The van der Waals surface area contributed by atoms with Gasteiger partial charge >= 0.3 is 0 Å². The van der Waals surface area contributed by atoms with Gasteiger partial charge in [-0.2, -0.15) is 5.26 Å². The highest BCUT2D eigenvalue weighted by Crippen LogP contribution is 2.09.